The van der Waals surface area contributed by atoms with Gasteiger partial charge in [0, 0.05) is 11.1 Å². The molecule has 3 heteroatoms. The molecule has 15 heavy (non-hydrogen) atoms. The Bertz CT molecular complexity index is 312. The summed E-state index contributed by atoms with van der Waals surface area (Å²) in [6.45, 7) is 4.35. The first-order valence-electron chi connectivity index (χ1n) is 5.35. The topological polar surface area (TPSA) is 12.0 Å². The molecular formula is C12H17Cl2N. The molecule has 1 nitrogen and oxygen atoms in total. The van der Waals surface area contributed by atoms with Crippen LogP contribution in [0.1, 0.15) is 33.1 Å². The van der Waals surface area contributed by atoms with Crippen molar-refractivity contribution in [2.75, 3.05) is 5.32 Å². The lowest BCUT2D eigenvalue weighted by Gasteiger charge is -2.16. The van der Waals surface area contributed by atoms with E-state index >= 15 is 0 Å². The Morgan fingerprint density at radius 3 is 2.73 bits per heavy atom. The molecule has 0 saturated heterocycles. The average Bonchev–Trinajstić information content (AvgIpc) is 2.20. The molecule has 0 aliphatic rings. The van der Waals surface area contributed by atoms with Crippen LogP contribution in [-0.2, 0) is 0 Å². The van der Waals surface area contributed by atoms with Crippen LogP contribution in [-0.4, -0.2) is 6.04 Å². The Labute approximate surface area is 102 Å². The fraction of sp³-hybridized carbons (Fsp3) is 0.500. The lowest BCUT2D eigenvalue weighted by molar-refractivity contribution is 0.645. The number of rotatable bonds is 5. The van der Waals surface area contributed by atoms with Crippen molar-refractivity contribution in [3.8, 4) is 0 Å². The highest BCUT2D eigenvalue weighted by molar-refractivity contribution is 6.35. The van der Waals surface area contributed by atoms with Crippen LogP contribution in [0.3, 0.4) is 0 Å². The minimum Gasteiger partial charge on any atom is -0.381 e. The molecule has 0 aliphatic heterocycles. The van der Waals surface area contributed by atoms with E-state index in [1.807, 2.05) is 12.1 Å². The second kappa shape index (κ2) is 6.24. The summed E-state index contributed by atoms with van der Waals surface area (Å²) >= 11 is 12.0. The van der Waals surface area contributed by atoms with Crippen molar-refractivity contribution in [1.82, 2.24) is 0 Å². The molecule has 0 spiro atoms. The van der Waals surface area contributed by atoms with Crippen molar-refractivity contribution in [3.05, 3.63) is 28.2 Å². The molecule has 0 bridgehead atoms. The maximum absolute atomic E-state index is 6.05. The Kier molecular flexibility index (Phi) is 5.27. The summed E-state index contributed by atoms with van der Waals surface area (Å²) in [6.07, 6.45) is 3.60. The molecule has 0 heterocycles. The Hall–Kier alpha value is -0.400. The number of nitrogens with one attached hydrogen (secondary N) is 1. The zero-order chi connectivity index (χ0) is 11.3. The van der Waals surface area contributed by atoms with E-state index in [4.69, 9.17) is 23.2 Å². The molecule has 0 saturated carbocycles. The van der Waals surface area contributed by atoms with E-state index in [2.05, 4.69) is 19.2 Å². The second-order valence-corrected chi connectivity index (χ2v) is 4.66. The first-order chi connectivity index (χ1) is 7.13. The molecule has 0 fully saturated rings. The number of benzene rings is 1. The number of halogens is 2. The van der Waals surface area contributed by atoms with Gasteiger partial charge in [0.2, 0.25) is 0 Å². The van der Waals surface area contributed by atoms with Crippen molar-refractivity contribution in [3.63, 3.8) is 0 Å². The highest BCUT2D eigenvalue weighted by Gasteiger charge is 2.05. The lowest BCUT2D eigenvalue weighted by atomic mass is 10.1. The van der Waals surface area contributed by atoms with Crippen LogP contribution in [0.2, 0.25) is 10.0 Å². The van der Waals surface area contributed by atoms with Gasteiger partial charge in [-0.2, -0.15) is 0 Å². The molecule has 1 N–H and O–H groups in total. The SMILES string of the molecule is CCCCC(C)Nc1cc(Cl)ccc1Cl. The summed E-state index contributed by atoms with van der Waals surface area (Å²) in [5, 5.41) is 4.81. The van der Waals surface area contributed by atoms with Gasteiger partial charge in [0.1, 0.15) is 0 Å². The Morgan fingerprint density at radius 1 is 1.33 bits per heavy atom. The molecule has 1 rings (SSSR count). The monoisotopic (exact) mass is 245 g/mol. The first kappa shape index (κ1) is 12.7. The fourth-order valence-electron chi connectivity index (χ4n) is 1.46. The maximum Gasteiger partial charge on any atom is 0.0638 e. The zero-order valence-electron chi connectivity index (χ0n) is 9.19. The molecule has 84 valence electrons. The van der Waals surface area contributed by atoms with Crippen molar-refractivity contribution in [2.45, 2.75) is 39.2 Å². The van der Waals surface area contributed by atoms with Crippen LogP contribution in [0.25, 0.3) is 0 Å². The molecule has 1 unspecified atom stereocenters. The predicted molar refractivity (Wildman–Crippen MR) is 69.1 cm³/mol. The summed E-state index contributed by atoms with van der Waals surface area (Å²) in [7, 11) is 0. The van der Waals surface area contributed by atoms with Gasteiger partial charge in [0.25, 0.3) is 0 Å². The summed E-state index contributed by atoms with van der Waals surface area (Å²) in [4.78, 5) is 0. The molecule has 0 aliphatic carbocycles. The number of hydrogen-bond acceptors (Lipinski definition) is 1. The number of unbranched alkanes of at least 4 members (excludes halogenated alkanes) is 1. The van der Waals surface area contributed by atoms with Gasteiger partial charge in [-0.15, -0.1) is 0 Å². The Morgan fingerprint density at radius 2 is 2.07 bits per heavy atom. The van der Waals surface area contributed by atoms with E-state index in [-0.39, 0.29) is 0 Å². The van der Waals surface area contributed by atoms with Crippen molar-refractivity contribution in [1.29, 1.82) is 0 Å². The predicted octanol–water partition coefficient (Wildman–Crippen LogP) is 4.98. The van der Waals surface area contributed by atoms with E-state index in [1.54, 1.807) is 6.07 Å². The maximum atomic E-state index is 6.05. The largest absolute Gasteiger partial charge is 0.381 e. The number of anilines is 1. The van der Waals surface area contributed by atoms with Gasteiger partial charge >= 0.3 is 0 Å². The van der Waals surface area contributed by atoms with Crippen molar-refractivity contribution < 1.29 is 0 Å². The molecule has 0 amide bonds. The summed E-state index contributed by atoms with van der Waals surface area (Å²) < 4.78 is 0. The standard InChI is InChI=1S/C12H17Cl2N/c1-3-4-5-9(2)15-12-8-10(13)6-7-11(12)14/h6-9,15H,3-5H2,1-2H3. The van der Waals surface area contributed by atoms with Gasteiger partial charge in [0.15, 0.2) is 0 Å². The third kappa shape index (κ3) is 4.31. The molecule has 0 aromatic heterocycles. The van der Waals surface area contributed by atoms with Crippen LogP contribution in [0, 0.1) is 0 Å². The minimum atomic E-state index is 0.431. The van der Waals surface area contributed by atoms with Gasteiger partial charge in [-0.1, -0.05) is 43.0 Å². The Balaban J connectivity index is 2.59. The van der Waals surface area contributed by atoms with Crippen molar-refractivity contribution in [2.24, 2.45) is 0 Å². The van der Waals surface area contributed by atoms with Crippen LogP contribution in [0.15, 0.2) is 18.2 Å². The molecule has 1 aromatic carbocycles. The molecule has 0 radical (unpaired) electrons. The van der Waals surface area contributed by atoms with Crippen LogP contribution < -0.4 is 5.32 Å². The normalized spacial score (nSPS) is 12.5. The van der Waals surface area contributed by atoms with Crippen LogP contribution >= 0.6 is 23.2 Å². The molecule has 1 aromatic rings. The highest BCUT2D eigenvalue weighted by atomic mass is 35.5. The van der Waals surface area contributed by atoms with Crippen LogP contribution in [0.4, 0.5) is 5.69 Å². The van der Waals surface area contributed by atoms with E-state index in [0.29, 0.717) is 11.1 Å². The lowest BCUT2D eigenvalue weighted by Crippen LogP contribution is -2.14. The average molecular weight is 246 g/mol. The molecular weight excluding hydrogens is 229 g/mol. The van der Waals surface area contributed by atoms with E-state index in [1.165, 1.54) is 12.8 Å². The first-order valence-corrected chi connectivity index (χ1v) is 6.10. The summed E-state index contributed by atoms with van der Waals surface area (Å²) in [6, 6.07) is 5.91. The van der Waals surface area contributed by atoms with Gasteiger partial charge in [-0.25, -0.2) is 0 Å². The smallest absolute Gasteiger partial charge is 0.0638 e. The zero-order valence-corrected chi connectivity index (χ0v) is 10.7. The van der Waals surface area contributed by atoms with Crippen LogP contribution in [0.5, 0.6) is 0 Å². The van der Waals surface area contributed by atoms with Gasteiger partial charge < -0.3 is 5.32 Å². The second-order valence-electron chi connectivity index (χ2n) is 3.81. The highest BCUT2D eigenvalue weighted by Crippen LogP contribution is 2.26. The van der Waals surface area contributed by atoms with E-state index in [9.17, 15) is 0 Å². The third-order valence-electron chi connectivity index (χ3n) is 2.32. The van der Waals surface area contributed by atoms with Gasteiger partial charge in [0.05, 0.1) is 10.7 Å². The summed E-state index contributed by atoms with van der Waals surface area (Å²) in [5.74, 6) is 0. The molecule has 1 atom stereocenters. The third-order valence-corrected chi connectivity index (χ3v) is 2.89. The minimum absolute atomic E-state index is 0.431. The fourth-order valence-corrected chi connectivity index (χ4v) is 1.80. The quantitative estimate of drug-likeness (QED) is 0.772. The number of hydrogen-bond donors (Lipinski definition) is 1. The van der Waals surface area contributed by atoms with Gasteiger partial charge in [-0.05, 0) is 31.5 Å². The van der Waals surface area contributed by atoms with Crippen molar-refractivity contribution >= 4 is 28.9 Å². The van der Waals surface area contributed by atoms with E-state index in [0.717, 1.165) is 17.1 Å². The summed E-state index contributed by atoms with van der Waals surface area (Å²) in [5.41, 5.74) is 0.924. The van der Waals surface area contributed by atoms with Gasteiger partial charge in [-0.3, -0.25) is 0 Å². The van der Waals surface area contributed by atoms with E-state index < -0.39 is 0 Å².